The maximum Gasteiger partial charge on any atom is 0.191 e. The molecule has 2 rings (SSSR count). The topological polar surface area (TPSA) is 41.6 Å². The highest BCUT2D eigenvalue weighted by atomic mass is 127. The van der Waals surface area contributed by atoms with Crippen molar-refractivity contribution in [2.75, 3.05) is 19.6 Å². The van der Waals surface area contributed by atoms with E-state index in [2.05, 4.69) is 23.7 Å². The molecule has 1 aromatic carbocycles. The fraction of sp³-hybridized carbons (Fsp3) is 0.588. The van der Waals surface area contributed by atoms with Gasteiger partial charge in [0.25, 0.3) is 0 Å². The van der Waals surface area contributed by atoms with Gasteiger partial charge in [-0.25, -0.2) is 4.39 Å². The van der Waals surface area contributed by atoms with Gasteiger partial charge in [-0.1, -0.05) is 25.0 Å². The maximum atomic E-state index is 13.2. The fourth-order valence-electron chi connectivity index (χ4n) is 3.27. The van der Waals surface area contributed by atoms with E-state index >= 15 is 0 Å². The second kappa shape index (κ2) is 8.70. The zero-order valence-corrected chi connectivity index (χ0v) is 15.8. The first kappa shape index (κ1) is 19.2. The lowest BCUT2D eigenvalue weighted by molar-refractivity contribution is 0.431. The summed E-state index contributed by atoms with van der Waals surface area (Å²) in [6.45, 7) is 6.60. The molecule has 0 radical (unpaired) electrons. The minimum Gasteiger partial charge on any atom is -0.370 e. The van der Waals surface area contributed by atoms with Gasteiger partial charge in [0.15, 0.2) is 5.96 Å². The quantitative estimate of drug-likeness (QED) is 0.447. The van der Waals surface area contributed by atoms with Crippen LogP contribution in [0.4, 0.5) is 4.39 Å². The van der Waals surface area contributed by atoms with Gasteiger partial charge in [0, 0.05) is 18.5 Å². The predicted octanol–water partition coefficient (Wildman–Crippen LogP) is 3.91. The summed E-state index contributed by atoms with van der Waals surface area (Å²) in [4.78, 5) is 6.71. The molecule has 0 saturated heterocycles. The predicted molar refractivity (Wildman–Crippen MR) is 101 cm³/mol. The summed E-state index contributed by atoms with van der Waals surface area (Å²) in [5.74, 6) is 0.437. The van der Waals surface area contributed by atoms with Crippen molar-refractivity contribution < 1.29 is 4.39 Å². The van der Waals surface area contributed by atoms with Gasteiger partial charge >= 0.3 is 0 Å². The molecule has 0 spiro atoms. The van der Waals surface area contributed by atoms with Crippen LogP contribution in [-0.2, 0) is 5.41 Å². The Balaban J connectivity index is 0.00000242. The fourth-order valence-corrected chi connectivity index (χ4v) is 3.27. The lowest BCUT2D eigenvalue weighted by Gasteiger charge is -2.29. The molecule has 5 heteroatoms. The normalized spacial score (nSPS) is 17.1. The van der Waals surface area contributed by atoms with Gasteiger partial charge < -0.3 is 10.6 Å². The molecule has 124 valence electrons. The molecule has 0 atom stereocenters. The molecule has 1 aliphatic carbocycles. The highest BCUT2D eigenvalue weighted by Crippen LogP contribution is 2.41. The maximum absolute atomic E-state index is 13.2. The molecule has 1 aliphatic rings. The summed E-state index contributed by atoms with van der Waals surface area (Å²) < 4.78 is 13.2. The van der Waals surface area contributed by atoms with E-state index in [0.29, 0.717) is 12.5 Å². The summed E-state index contributed by atoms with van der Waals surface area (Å²) in [6, 6.07) is 6.91. The third-order valence-corrected chi connectivity index (χ3v) is 4.65. The first-order chi connectivity index (χ1) is 10.1. The van der Waals surface area contributed by atoms with Crippen LogP contribution in [0.15, 0.2) is 29.3 Å². The molecule has 1 fully saturated rings. The van der Waals surface area contributed by atoms with Crippen LogP contribution in [0.2, 0.25) is 0 Å². The SMILES string of the molecule is CCN(CC)C(N)=NCC1(c2ccc(F)cc2)CCCC1.I. The second-order valence-corrected chi connectivity index (χ2v) is 5.84. The molecule has 0 bridgehead atoms. The Morgan fingerprint density at radius 2 is 1.73 bits per heavy atom. The van der Waals surface area contributed by atoms with Gasteiger partial charge in [-0.3, -0.25) is 4.99 Å². The number of nitrogens with two attached hydrogens (primary N) is 1. The summed E-state index contributed by atoms with van der Waals surface area (Å²) in [5, 5.41) is 0. The van der Waals surface area contributed by atoms with Crippen LogP contribution in [0.3, 0.4) is 0 Å². The Morgan fingerprint density at radius 3 is 2.23 bits per heavy atom. The number of rotatable bonds is 5. The van der Waals surface area contributed by atoms with Crippen molar-refractivity contribution in [2.24, 2.45) is 10.7 Å². The summed E-state index contributed by atoms with van der Waals surface area (Å²) in [7, 11) is 0. The first-order valence-electron chi connectivity index (χ1n) is 7.92. The number of hydrogen-bond donors (Lipinski definition) is 1. The van der Waals surface area contributed by atoms with E-state index in [1.54, 1.807) is 12.1 Å². The highest BCUT2D eigenvalue weighted by molar-refractivity contribution is 14.0. The van der Waals surface area contributed by atoms with Crippen molar-refractivity contribution >= 4 is 29.9 Å². The van der Waals surface area contributed by atoms with Gasteiger partial charge in [-0.05, 0) is 44.4 Å². The van der Waals surface area contributed by atoms with Crippen LogP contribution >= 0.6 is 24.0 Å². The van der Waals surface area contributed by atoms with Crippen molar-refractivity contribution in [3.63, 3.8) is 0 Å². The van der Waals surface area contributed by atoms with Gasteiger partial charge in [0.1, 0.15) is 5.82 Å². The third-order valence-electron chi connectivity index (χ3n) is 4.65. The zero-order chi connectivity index (χ0) is 15.3. The molecule has 22 heavy (non-hydrogen) atoms. The Hall–Kier alpha value is -0.850. The zero-order valence-electron chi connectivity index (χ0n) is 13.5. The van der Waals surface area contributed by atoms with Crippen LogP contribution in [-0.4, -0.2) is 30.5 Å². The van der Waals surface area contributed by atoms with Crippen molar-refractivity contribution in [3.8, 4) is 0 Å². The molecule has 0 heterocycles. The molecule has 3 nitrogen and oxygen atoms in total. The minimum atomic E-state index is -0.182. The molecular formula is C17H27FIN3. The van der Waals surface area contributed by atoms with Crippen molar-refractivity contribution in [3.05, 3.63) is 35.6 Å². The number of halogens is 2. The smallest absolute Gasteiger partial charge is 0.191 e. The van der Waals surface area contributed by atoms with Crippen molar-refractivity contribution in [2.45, 2.75) is 44.9 Å². The van der Waals surface area contributed by atoms with E-state index in [4.69, 9.17) is 5.73 Å². The Kier molecular flexibility index (Phi) is 7.59. The number of guanidine groups is 1. The average molecular weight is 419 g/mol. The van der Waals surface area contributed by atoms with Crippen LogP contribution in [0.25, 0.3) is 0 Å². The van der Waals surface area contributed by atoms with E-state index in [0.717, 1.165) is 25.9 Å². The van der Waals surface area contributed by atoms with Crippen LogP contribution in [0.5, 0.6) is 0 Å². The molecule has 0 aliphatic heterocycles. The minimum absolute atomic E-state index is 0. The molecule has 0 aromatic heterocycles. The molecule has 1 aromatic rings. The third kappa shape index (κ3) is 4.33. The van der Waals surface area contributed by atoms with E-state index in [1.165, 1.54) is 18.4 Å². The van der Waals surface area contributed by atoms with E-state index in [1.807, 2.05) is 12.1 Å². The number of nitrogens with zero attached hydrogens (tertiary/aromatic N) is 2. The Morgan fingerprint density at radius 1 is 1.18 bits per heavy atom. The number of benzene rings is 1. The van der Waals surface area contributed by atoms with Gasteiger partial charge in [-0.15, -0.1) is 24.0 Å². The summed E-state index contributed by atoms with van der Waals surface area (Å²) in [6.07, 6.45) is 4.62. The molecule has 1 saturated carbocycles. The molecule has 0 amide bonds. The van der Waals surface area contributed by atoms with Gasteiger partial charge in [-0.2, -0.15) is 0 Å². The van der Waals surface area contributed by atoms with Crippen molar-refractivity contribution in [1.82, 2.24) is 4.90 Å². The lowest BCUT2D eigenvalue weighted by atomic mass is 9.79. The average Bonchev–Trinajstić information content (AvgIpc) is 2.97. The molecular weight excluding hydrogens is 392 g/mol. The van der Waals surface area contributed by atoms with Gasteiger partial charge in [0.05, 0.1) is 6.54 Å². The Bertz CT molecular complexity index is 477. The highest BCUT2D eigenvalue weighted by Gasteiger charge is 2.35. The molecule has 0 unspecified atom stereocenters. The molecule has 2 N–H and O–H groups in total. The van der Waals surface area contributed by atoms with Crippen molar-refractivity contribution in [1.29, 1.82) is 0 Å². The second-order valence-electron chi connectivity index (χ2n) is 5.84. The Labute approximate surface area is 150 Å². The summed E-state index contributed by atoms with van der Waals surface area (Å²) in [5.41, 5.74) is 7.32. The number of aliphatic imine (C=N–C) groups is 1. The van der Waals surface area contributed by atoms with Crippen LogP contribution in [0, 0.1) is 5.82 Å². The largest absolute Gasteiger partial charge is 0.370 e. The van der Waals surface area contributed by atoms with E-state index in [-0.39, 0.29) is 35.2 Å². The van der Waals surface area contributed by atoms with Crippen LogP contribution < -0.4 is 5.73 Å². The lowest BCUT2D eigenvalue weighted by Crippen LogP contribution is -2.38. The van der Waals surface area contributed by atoms with E-state index < -0.39 is 0 Å². The van der Waals surface area contributed by atoms with Gasteiger partial charge in [0.2, 0.25) is 0 Å². The standard InChI is InChI=1S/C17H26FN3.HI/c1-3-21(4-2)16(19)20-13-17(11-5-6-12-17)14-7-9-15(18)10-8-14;/h7-10H,3-6,11-13H2,1-2H3,(H2,19,20);1H. The monoisotopic (exact) mass is 419 g/mol. The number of hydrogen-bond acceptors (Lipinski definition) is 1. The summed E-state index contributed by atoms with van der Waals surface area (Å²) >= 11 is 0. The van der Waals surface area contributed by atoms with E-state index in [9.17, 15) is 4.39 Å². The van der Waals surface area contributed by atoms with Crippen LogP contribution in [0.1, 0.15) is 45.1 Å². The first-order valence-corrected chi connectivity index (χ1v) is 7.92.